The third-order valence-corrected chi connectivity index (χ3v) is 6.67. The van der Waals surface area contributed by atoms with Gasteiger partial charge in [0.2, 0.25) is 0 Å². The summed E-state index contributed by atoms with van der Waals surface area (Å²) >= 11 is 0. The van der Waals surface area contributed by atoms with Crippen LogP contribution in [0.1, 0.15) is 46.0 Å². The Morgan fingerprint density at radius 2 is 1.87 bits per heavy atom. The first kappa shape index (κ1) is 26.6. The monoisotopic (exact) mass is 524 g/mol. The summed E-state index contributed by atoms with van der Waals surface area (Å²) in [6.45, 7) is 5.30. The number of likely N-dealkylation sites (N-methyl/N-ethyl adjacent to an activating group) is 1. The number of aromatic nitrogens is 2. The number of fused-ring (bicyclic) bond motifs is 1. The summed E-state index contributed by atoms with van der Waals surface area (Å²) in [5, 5.41) is 12.3. The fraction of sp³-hybridized carbons (Fsp3) is 0.258. The van der Waals surface area contributed by atoms with E-state index in [0.717, 1.165) is 28.8 Å². The molecule has 1 saturated heterocycles. The number of hydrogen-bond acceptors (Lipinski definition) is 7. The zero-order chi connectivity index (χ0) is 27.2. The average molecular weight is 525 g/mol. The van der Waals surface area contributed by atoms with E-state index in [9.17, 15) is 9.90 Å². The molecule has 1 aliphatic rings. The van der Waals surface area contributed by atoms with Crippen LogP contribution in [0.5, 0.6) is 0 Å². The molecule has 5 rings (SSSR count). The number of para-hydroxylation sites is 2. The van der Waals surface area contributed by atoms with Crippen LogP contribution in [-0.4, -0.2) is 52.1 Å². The zero-order valence-corrected chi connectivity index (χ0v) is 21.9. The summed E-state index contributed by atoms with van der Waals surface area (Å²) in [5.41, 5.74) is 4.91. The molecule has 3 unspecified atom stereocenters. The number of anilines is 1. The molecule has 8 nitrogen and oxygen atoms in total. The molecule has 0 aliphatic carbocycles. The van der Waals surface area contributed by atoms with Gasteiger partial charge < -0.3 is 24.8 Å². The third-order valence-electron chi connectivity index (χ3n) is 6.67. The summed E-state index contributed by atoms with van der Waals surface area (Å²) < 4.78 is 12.8. The maximum absolute atomic E-state index is 13.0. The van der Waals surface area contributed by atoms with Crippen molar-refractivity contribution in [2.45, 2.75) is 31.5 Å². The Morgan fingerprint density at radius 1 is 1.08 bits per heavy atom. The largest absolute Gasteiger partial charge is 0.392 e. The second-order valence-corrected chi connectivity index (χ2v) is 9.68. The van der Waals surface area contributed by atoms with Gasteiger partial charge in [0.05, 0.1) is 36.0 Å². The van der Waals surface area contributed by atoms with Crippen LogP contribution < -0.4 is 5.32 Å². The maximum Gasteiger partial charge on any atom is 0.275 e. The highest BCUT2D eigenvalue weighted by Crippen LogP contribution is 2.38. The summed E-state index contributed by atoms with van der Waals surface area (Å²) in [6, 6.07) is 22.7. The van der Waals surface area contributed by atoms with Crippen molar-refractivity contribution in [3.05, 3.63) is 114 Å². The van der Waals surface area contributed by atoms with Gasteiger partial charge in [-0.05, 0) is 42.4 Å². The summed E-state index contributed by atoms with van der Waals surface area (Å²) in [7, 11) is 2.03. The molecule has 2 heterocycles. The lowest BCUT2D eigenvalue weighted by molar-refractivity contribution is -0.252. The van der Waals surface area contributed by atoms with E-state index in [2.05, 4.69) is 26.8 Å². The van der Waals surface area contributed by atoms with Crippen LogP contribution in [0, 0.1) is 0 Å². The molecular weight excluding hydrogens is 492 g/mol. The lowest BCUT2D eigenvalue weighted by Gasteiger charge is -2.37. The van der Waals surface area contributed by atoms with Gasteiger partial charge in [-0.15, -0.1) is 6.58 Å². The van der Waals surface area contributed by atoms with Crippen molar-refractivity contribution < 1.29 is 19.4 Å². The van der Waals surface area contributed by atoms with Gasteiger partial charge in [-0.3, -0.25) is 9.78 Å². The first-order valence-corrected chi connectivity index (χ1v) is 13.0. The Hall–Kier alpha value is -3.95. The van der Waals surface area contributed by atoms with Crippen molar-refractivity contribution in [1.82, 2.24) is 14.9 Å². The normalized spacial score (nSPS) is 19.2. The maximum atomic E-state index is 13.0. The predicted octanol–water partition coefficient (Wildman–Crippen LogP) is 5.04. The van der Waals surface area contributed by atoms with E-state index in [1.54, 1.807) is 0 Å². The van der Waals surface area contributed by atoms with Crippen molar-refractivity contribution in [3.8, 4) is 0 Å². The molecule has 3 aromatic carbocycles. The lowest BCUT2D eigenvalue weighted by Crippen LogP contribution is -2.37. The van der Waals surface area contributed by atoms with Crippen molar-refractivity contribution in [1.29, 1.82) is 0 Å². The fourth-order valence-corrected chi connectivity index (χ4v) is 4.70. The molecule has 0 saturated carbocycles. The minimum absolute atomic E-state index is 0.00415. The van der Waals surface area contributed by atoms with E-state index in [4.69, 9.17) is 9.47 Å². The van der Waals surface area contributed by atoms with Gasteiger partial charge in [-0.25, -0.2) is 4.98 Å². The summed E-state index contributed by atoms with van der Waals surface area (Å²) in [5.74, 6) is -0.346. The minimum atomic E-state index is -0.624. The van der Waals surface area contributed by atoms with Crippen LogP contribution in [0.3, 0.4) is 0 Å². The Kier molecular flexibility index (Phi) is 8.39. The van der Waals surface area contributed by atoms with E-state index in [-0.39, 0.29) is 30.4 Å². The SMILES string of the molecule is C=CCN(C)CC1CC(c2ccc(CO)cc2)OC(c2cccc(NC(=O)c3cnc4ccccc4n3)c2)O1. The molecule has 200 valence electrons. The number of hydrogen-bond donors (Lipinski definition) is 2. The number of rotatable bonds is 9. The highest BCUT2D eigenvalue weighted by molar-refractivity contribution is 6.03. The second kappa shape index (κ2) is 12.3. The van der Waals surface area contributed by atoms with E-state index < -0.39 is 6.29 Å². The average Bonchev–Trinajstić information content (AvgIpc) is 2.97. The van der Waals surface area contributed by atoms with Crippen molar-refractivity contribution in [3.63, 3.8) is 0 Å². The standard InChI is InChI=1S/C31H32N4O4/c1-3-15-35(2)19-25-17-29(22-13-11-21(20-36)12-14-22)39-31(38-25)23-7-6-8-24(16-23)33-30(37)28-18-32-26-9-4-5-10-27(26)34-28/h3-14,16,18,25,29,31,36H,1,15,17,19-20H2,2H3,(H,33,37). The van der Waals surface area contributed by atoms with E-state index in [0.29, 0.717) is 24.2 Å². The van der Waals surface area contributed by atoms with Gasteiger partial charge >= 0.3 is 0 Å². The highest BCUT2D eigenvalue weighted by atomic mass is 16.7. The van der Waals surface area contributed by atoms with Crippen molar-refractivity contribution in [2.75, 3.05) is 25.5 Å². The second-order valence-electron chi connectivity index (χ2n) is 9.68. The van der Waals surface area contributed by atoms with E-state index in [1.807, 2.05) is 85.9 Å². The molecule has 2 N–H and O–H groups in total. The topological polar surface area (TPSA) is 96.8 Å². The van der Waals surface area contributed by atoms with Gasteiger partial charge in [0.25, 0.3) is 5.91 Å². The van der Waals surface area contributed by atoms with Crippen LogP contribution in [-0.2, 0) is 16.1 Å². The first-order valence-electron chi connectivity index (χ1n) is 13.0. The van der Waals surface area contributed by atoms with Gasteiger partial charge in [-0.2, -0.15) is 0 Å². The van der Waals surface area contributed by atoms with Crippen LogP contribution >= 0.6 is 0 Å². The molecular formula is C31H32N4O4. The molecule has 1 fully saturated rings. The molecule has 1 amide bonds. The van der Waals surface area contributed by atoms with Crippen molar-refractivity contribution in [2.24, 2.45) is 0 Å². The quantitative estimate of drug-likeness (QED) is 0.296. The number of benzene rings is 3. The van der Waals surface area contributed by atoms with Crippen molar-refractivity contribution >= 4 is 22.6 Å². The molecule has 1 aromatic heterocycles. The number of carbonyl (C=O) groups excluding carboxylic acids is 1. The number of aliphatic hydroxyl groups is 1. The highest BCUT2D eigenvalue weighted by Gasteiger charge is 2.32. The van der Waals surface area contributed by atoms with Crippen LogP contribution in [0.2, 0.25) is 0 Å². The Bertz CT molecular complexity index is 1440. The number of nitrogens with one attached hydrogen (secondary N) is 1. The molecule has 0 radical (unpaired) electrons. The Morgan fingerprint density at radius 3 is 2.64 bits per heavy atom. The number of carbonyl (C=O) groups is 1. The van der Waals surface area contributed by atoms with Crippen LogP contribution in [0.15, 0.2) is 91.6 Å². The van der Waals surface area contributed by atoms with Gasteiger partial charge in [-0.1, -0.05) is 54.6 Å². The molecule has 4 aromatic rings. The number of nitrogens with zero attached hydrogens (tertiary/aromatic N) is 3. The van der Waals surface area contributed by atoms with Gasteiger partial charge in [0.15, 0.2) is 6.29 Å². The van der Waals surface area contributed by atoms with Crippen LogP contribution in [0.4, 0.5) is 5.69 Å². The Labute approximate surface area is 227 Å². The van der Waals surface area contributed by atoms with Gasteiger partial charge in [0, 0.05) is 30.8 Å². The summed E-state index contributed by atoms with van der Waals surface area (Å²) in [6.07, 6.45) is 3.14. The molecule has 1 aliphatic heterocycles. The van der Waals surface area contributed by atoms with E-state index >= 15 is 0 Å². The van der Waals surface area contributed by atoms with Crippen LogP contribution in [0.25, 0.3) is 11.0 Å². The van der Waals surface area contributed by atoms with E-state index in [1.165, 1.54) is 6.20 Å². The summed E-state index contributed by atoms with van der Waals surface area (Å²) in [4.78, 5) is 23.9. The smallest absolute Gasteiger partial charge is 0.275 e. The minimum Gasteiger partial charge on any atom is -0.392 e. The lowest BCUT2D eigenvalue weighted by atomic mass is 9.99. The third kappa shape index (κ3) is 6.55. The molecule has 39 heavy (non-hydrogen) atoms. The van der Waals surface area contributed by atoms with Gasteiger partial charge in [0.1, 0.15) is 5.69 Å². The number of ether oxygens (including phenoxy) is 2. The molecule has 0 spiro atoms. The molecule has 8 heteroatoms. The Balaban J connectivity index is 1.35. The zero-order valence-electron chi connectivity index (χ0n) is 21.9. The fourth-order valence-electron chi connectivity index (χ4n) is 4.70. The molecule has 0 bridgehead atoms. The number of amides is 1. The predicted molar refractivity (Wildman–Crippen MR) is 150 cm³/mol. The first-order chi connectivity index (χ1) is 19.0. The molecule has 3 atom stereocenters. The number of aliphatic hydroxyl groups excluding tert-OH is 1.